The van der Waals surface area contributed by atoms with Crippen LogP contribution in [-0.4, -0.2) is 9.38 Å². The Bertz CT molecular complexity index is 579. The molecule has 2 nitrogen and oxygen atoms in total. The highest BCUT2D eigenvalue weighted by Gasteiger charge is 2.16. The molecule has 110 valence electrons. The summed E-state index contributed by atoms with van der Waals surface area (Å²) in [6.07, 6.45) is 13.5. The summed E-state index contributed by atoms with van der Waals surface area (Å²) in [4.78, 5) is 7.58. The van der Waals surface area contributed by atoms with Crippen molar-refractivity contribution in [3.63, 3.8) is 0 Å². The minimum Gasteiger partial charge on any atom is -0.291 e. The summed E-state index contributed by atoms with van der Waals surface area (Å²) in [6, 6.07) is 0. The number of imidazole rings is 1. The molecular weight excluding hydrogens is 264 g/mol. The molecule has 0 saturated heterocycles. The van der Waals surface area contributed by atoms with Crippen LogP contribution in [0.1, 0.15) is 73.3 Å². The Kier molecular flexibility index (Phi) is 4.45. The molecule has 0 aromatic carbocycles. The maximum atomic E-state index is 4.94. The van der Waals surface area contributed by atoms with Gasteiger partial charge in [0.25, 0.3) is 0 Å². The molecule has 20 heavy (non-hydrogen) atoms. The lowest BCUT2D eigenvalue weighted by Gasteiger charge is -2.08. The van der Waals surface area contributed by atoms with E-state index in [-0.39, 0.29) is 0 Å². The zero-order chi connectivity index (χ0) is 13.9. The second kappa shape index (κ2) is 6.30. The van der Waals surface area contributed by atoms with Gasteiger partial charge in [0.05, 0.1) is 5.69 Å². The van der Waals surface area contributed by atoms with Gasteiger partial charge in [-0.25, -0.2) is 4.98 Å². The second-order valence-electron chi connectivity index (χ2n) is 6.20. The van der Waals surface area contributed by atoms with Crippen LogP contribution in [0, 0.1) is 13.8 Å². The molecule has 0 unspecified atom stereocenters. The van der Waals surface area contributed by atoms with Crippen LogP contribution < -0.4 is 0 Å². The van der Waals surface area contributed by atoms with Crippen LogP contribution in [0.5, 0.6) is 0 Å². The van der Waals surface area contributed by atoms with E-state index in [1.54, 1.807) is 0 Å². The van der Waals surface area contributed by atoms with E-state index in [4.69, 9.17) is 4.98 Å². The van der Waals surface area contributed by atoms with Crippen LogP contribution in [0.4, 0.5) is 0 Å². The average molecular weight is 290 g/mol. The van der Waals surface area contributed by atoms with Crippen LogP contribution in [0.25, 0.3) is 4.96 Å². The van der Waals surface area contributed by atoms with Crippen molar-refractivity contribution >= 4 is 16.3 Å². The molecule has 0 N–H and O–H groups in total. The third-order valence-corrected chi connectivity index (χ3v) is 5.75. The molecule has 0 atom stereocenters. The monoisotopic (exact) mass is 290 g/mol. The highest BCUT2D eigenvalue weighted by Crippen LogP contribution is 2.28. The Morgan fingerprint density at radius 1 is 0.850 bits per heavy atom. The van der Waals surface area contributed by atoms with Gasteiger partial charge in [0.1, 0.15) is 0 Å². The first-order chi connectivity index (χ1) is 9.77. The Morgan fingerprint density at radius 3 is 2.15 bits per heavy atom. The van der Waals surface area contributed by atoms with Gasteiger partial charge in [-0.05, 0) is 39.5 Å². The molecule has 0 fully saturated rings. The third kappa shape index (κ3) is 2.78. The van der Waals surface area contributed by atoms with Crippen molar-refractivity contribution in [1.29, 1.82) is 0 Å². The number of hydrogen-bond donors (Lipinski definition) is 0. The second-order valence-corrected chi connectivity index (χ2v) is 7.38. The summed E-state index contributed by atoms with van der Waals surface area (Å²) in [7, 11) is 0. The molecule has 0 amide bonds. The van der Waals surface area contributed by atoms with Gasteiger partial charge in [-0.1, -0.05) is 38.5 Å². The van der Waals surface area contributed by atoms with Gasteiger partial charge >= 0.3 is 0 Å². The molecule has 0 bridgehead atoms. The van der Waals surface area contributed by atoms with Crippen molar-refractivity contribution in [3.8, 4) is 0 Å². The first-order valence-corrected chi connectivity index (χ1v) is 9.05. The van der Waals surface area contributed by atoms with E-state index in [0.29, 0.717) is 0 Å². The Balaban J connectivity index is 1.92. The first kappa shape index (κ1) is 14.1. The topological polar surface area (TPSA) is 17.3 Å². The van der Waals surface area contributed by atoms with Crippen molar-refractivity contribution in [2.45, 2.75) is 78.1 Å². The summed E-state index contributed by atoms with van der Waals surface area (Å²) >= 11 is 1.86. The maximum Gasteiger partial charge on any atom is 0.194 e. The Labute approximate surface area is 126 Å². The Morgan fingerprint density at radius 2 is 1.45 bits per heavy atom. The molecule has 0 saturated carbocycles. The molecule has 0 aliphatic heterocycles. The molecule has 3 heteroatoms. The molecule has 2 heterocycles. The number of rotatable bonds is 0. The molecule has 1 aliphatic rings. The van der Waals surface area contributed by atoms with Crippen molar-refractivity contribution in [2.75, 3.05) is 0 Å². The molecule has 3 rings (SSSR count). The fourth-order valence-corrected chi connectivity index (χ4v) is 4.37. The number of hydrogen-bond acceptors (Lipinski definition) is 2. The zero-order valence-electron chi connectivity index (χ0n) is 12.9. The minimum atomic E-state index is 1.18. The first-order valence-electron chi connectivity index (χ1n) is 8.23. The molecule has 2 aromatic rings. The van der Waals surface area contributed by atoms with Gasteiger partial charge in [0.2, 0.25) is 0 Å². The van der Waals surface area contributed by atoms with Crippen LogP contribution in [-0.2, 0) is 12.8 Å². The van der Waals surface area contributed by atoms with Crippen molar-refractivity contribution in [2.24, 2.45) is 0 Å². The fourth-order valence-electron chi connectivity index (χ4n) is 3.36. The number of fused-ring (bicyclic) bond motifs is 3. The van der Waals surface area contributed by atoms with Gasteiger partial charge in [0, 0.05) is 16.3 Å². The molecular formula is C17H26N2S. The zero-order valence-corrected chi connectivity index (χ0v) is 13.7. The van der Waals surface area contributed by atoms with Crippen molar-refractivity contribution in [3.05, 3.63) is 22.0 Å². The SMILES string of the molecule is Cc1sc2nc3c(n2c1C)CCCCCCCCCC3. The third-order valence-electron chi connectivity index (χ3n) is 4.69. The van der Waals surface area contributed by atoms with E-state index in [2.05, 4.69) is 18.2 Å². The van der Waals surface area contributed by atoms with E-state index in [1.165, 1.54) is 91.1 Å². The summed E-state index contributed by atoms with van der Waals surface area (Å²) in [5, 5.41) is 0. The van der Waals surface area contributed by atoms with Crippen LogP contribution in [0.15, 0.2) is 0 Å². The molecule has 0 spiro atoms. The largest absolute Gasteiger partial charge is 0.291 e. The lowest BCUT2D eigenvalue weighted by molar-refractivity contribution is 0.555. The molecule has 2 aromatic heterocycles. The average Bonchev–Trinajstić information content (AvgIpc) is 2.88. The number of aryl methyl sites for hydroxylation is 4. The summed E-state index contributed by atoms with van der Waals surface area (Å²) in [5.41, 5.74) is 4.31. The quantitative estimate of drug-likeness (QED) is 0.649. The fraction of sp³-hybridized carbons (Fsp3) is 0.706. The maximum absolute atomic E-state index is 4.94. The van der Waals surface area contributed by atoms with E-state index in [0.717, 1.165) is 0 Å². The Hall–Kier alpha value is -0.830. The predicted octanol–water partition coefficient (Wildman–Crippen LogP) is 5.23. The highest BCUT2D eigenvalue weighted by atomic mass is 32.1. The standard InChI is InChI=1S/C17H26N2S/c1-13-14(2)20-17-18-15-11-9-7-5-3-4-6-8-10-12-16(15)19(13)17/h3-12H2,1-2H3. The summed E-state index contributed by atoms with van der Waals surface area (Å²) in [5.74, 6) is 0. The van der Waals surface area contributed by atoms with Gasteiger partial charge in [-0.3, -0.25) is 4.40 Å². The lowest BCUT2D eigenvalue weighted by Crippen LogP contribution is -2.00. The van der Waals surface area contributed by atoms with Crippen LogP contribution >= 0.6 is 11.3 Å². The summed E-state index contributed by atoms with van der Waals surface area (Å²) < 4.78 is 2.45. The number of aromatic nitrogens is 2. The van der Waals surface area contributed by atoms with Gasteiger partial charge in [-0.2, -0.15) is 0 Å². The van der Waals surface area contributed by atoms with E-state index < -0.39 is 0 Å². The van der Waals surface area contributed by atoms with Gasteiger partial charge in [-0.15, -0.1) is 11.3 Å². The smallest absolute Gasteiger partial charge is 0.194 e. The van der Waals surface area contributed by atoms with E-state index in [1.807, 2.05) is 11.3 Å². The number of nitrogens with zero attached hydrogens (tertiary/aromatic N) is 2. The van der Waals surface area contributed by atoms with Gasteiger partial charge in [0.15, 0.2) is 4.96 Å². The van der Waals surface area contributed by atoms with E-state index in [9.17, 15) is 0 Å². The molecule has 0 radical (unpaired) electrons. The normalized spacial score (nSPS) is 18.5. The van der Waals surface area contributed by atoms with Gasteiger partial charge < -0.3 is 0 Å². The van der Waals surface area contributed by atoms with Crippen LogP contribution in [0.2, 0.25) is 0 Å². The van der Waals surface area contributed by atoms with E-state index >= 15 is 0 Å². The molecule has 1 aliphatic carbocycles. The predicted molar refractivity (Wildman–Crippen MR) is 86.9 cm³/mol. The van der Waals surface area contributed by atoms with Crippen LogP contribution in [0.3, 0.4) is 0 Å². The minimum absolute atomic E-state index is 1.18. The van der Waals surface area contributed by atoms with Crippen molar-refractivity contribution in [1.82, 2.24) is 9.38 Å². The summed E-state index contributed by atoms with van der Waals surface area (Å²) in [6.45, 7) is 4.47. The lowest BCUT2D eigenvalue weighted by atomic mass is 10.0. The highest BCUT2D eigenvalue weighted by molar-refractivity contribution is 7.17. The van der Waals surface area contributed by atoms with Crippen molar-refractivity contribution < 1.29 is 0 Å². The number of thiazole rings is 1.